The molecule has 0 aromatic heterocycles. The molecule has 0 saturated carbocycles. The topological polar surface area (TPSA) is 80.5 Å². The number of carbonyl (C=O) groups is 1. The maximum absolute atomic E-state index is 12.4. The maximum atomic E-state index is 12.4. The second-order valence-electron chi connectivity index (χ2n) is 5.62. The predicted molar refractivity (Wildman–Crippen MR) is 84.5 cm³/mol. The van der Waals surface area contributed by atoms with E-state index >= 15 is 0 Å². The van der Waals surface area contributed by atoms with Crippen molar-refractivity contribution in [1.29, 1.82) is 0 Å². The molecule has 0 bridgehead atoms. The number of hydrogen-bond acceptors (Lipinski definition) is 4. The summed E-state index contributed by atoms with van der Waals surface area (Å²) in [5.41, 5.74) is 7.03. The zero-order chi connectivity index (χ0) is 16.2. The molecule has 0 unspecified atom stereocenters. The number of carbonyl (C=O) groups excluding carboxylic acids is 1. The zero-order valence-electron chi connectivity index (χ0n) is 13.0. The van der Waals surface area contributed by atoms with E-state index in [1.54, 1.807) is 20.9 Å². The molecular formula is C15H24N2O3S. The molecule has 21 heavy (non-hydrogen) atoms. The Kier molecular flexibility index (Phi) is 5.92. The average molecular weight is 312 g/mol. The molecule has 6 heteroatoms. The molecule has 0 saturated heterocycles. The van der Waals surface area contributed by atoms with Gasteiger partial charge in [0.15, 0.2) is 0 Å². The van der Waals surface area contributed by atoms with Crippen LogP contribution in [0.2, 0.25) is 0 Å². The minimum atomic E-state index is -3.13. The summed E-state index contributed by atoms with van der Waals surface area (Å²) >= 11 is 0. The van der Waals surface area contributed by atoms with Crippen LogP contribution in [0.1, 0.15) is 25.5 Å². The quantitative estimate of drug-likeness (QED) is 0.856. The van der Waals surface area contributed by atoms with E-state index in [0.29, 0.717) is 0 Å². The first-order chi connectivity index (χ1) is 9.63. The van der Waals surface area contributed by atoms with E-state index in [9.17, 15) is 13.2 Å². The molecule has 118 valence electrons. The molecule has 0 aliphatic heterocycles. The Labute approximate surface area is 127 Å². The molecule has 0 spiro atoms. The lowest BCUT2D eigenvalue weighted by Gasteiger charge is -2.29. The fraction of sp³-hybridized carbons (Fsp3) is 0.533. The molecule has 0 fully saturated rings. The van der Waals surface area contributed by atoms with Gasteiger partial charge in [0.05, 0.1) is 11.7 Å². The first kappa shape index (κ1) is 17.7. The van der Waals surface area contributed by atoms with Crippen molar-refractivity contribution in [1.82, 2.24) is 4.90 Å². The van der Waals surface area contributed by atoms with Crippen LogP contribution in [0.15, 0.2) is 30.3 Å². The van der Waals surface area contributed by atoms with Crippen LogP contribution < -0.4 is 5.73 Å². The standard InChI is InChI=1S/C15H24N2O3S/c1-11(10-21(4,19)20)17(3)15(18)12(2)14(16)13-8-6-5-7-9-13/h5-9,11-12,14H,10,16H2,1-4H3/t11-,12-,14-/m0/s1. The Morgan fingerprint density at radius 2 is 1.76 bits per heavy atom. The zero-order valence-corrected chi connectivity index (χ0v) is 13.8. The van der Waals surface area contributed by atoms with Crippen molar-refractivity contribution < 1.29 is 13.2 Å². The van der Waals surface area contributed by atoms with Crippen molar-refractivity contribution in [2.24, 2.45) is 11.7 Å². The van der Waals surface area contributed by atoms with Gasteiger partial charge in [-0.3, -0.25) is 4.79 Å². The van der Waals surface area contributed by atoms with E-state index in [4.69, 9.17) is 5.73 Å². The summed E-state index contributed by atoms with van der Waals surface area (Å²) in [6.45, 7) is 3.49. The number of benzene rings is 1. The van der Waals surface area contributed by atoms with E-state index < -0.39 is 21.8 Å². The highest BCUT2D eigenvalue weighted by atomic mass is 32.2. The van der Waals surface area contributed by atoms with E-state index in [-0.39, 0.29) is 17.7 Å². The Balaban J connectivity index is 2.78. The van der Waals surface area contributed by atoms with Gasteiger partial charge in [0, 0.05) is 25.4 Å². The molecule has 0 radical (unpaired) electrons. The van der Waals surface area contributed by atoms with Crippen LogP contribution >= 0.6 is 0 Å². The highest BCUT2D eigenvalue weighted by Gasteiger charge is 2.28. The van der Waals surface area contributed by atoms with Crippen molar-refractivity contribution in [3.8, 4) is 0 Å². The number of sulfone groups is 1. The van der Waals surface area contributed by atoms with Crippen molar-refractivity contribution >= 4 is 15.7 Å². The Morgan fingerprint density at radius 1 is 1.24 bits per heavy atom. The van der Waals surface area contributed by atoms with E-state index in [0.717, 1.165) is 5.56 Å². The van der Waals surface area contributed by atoms with Gasteiger partial charge >= 0.3 is 0 Å². The Bertz CT molecular complexity index is 572. The van der Waals surface area contributed by atoms with Gasteiger partial charge < -0.3 is 10.6 Å². The third-order valence-corrected chi connectivity index (χ3v) is 4.75. The van der Waals surface area contributed by atoms with Gasteiger partial charge in [-0.2, -0.15) is 0 Å². The third-order valence-electron chi connectivity index (χ3n) is 3.67. The summed E-state index contributed by atoms with van der Waals surface area (Å²) in [4.78, 5) is 13.9. The number of amides is 1. The highest BCUT2D eigenvalue weighted by Crippen LogP contribution is 2.21. The van der Waals surface area contributed by atoms with E-state index in [1.807, 2.05) is 30.3 Å². The normalized spacial score (nSPS) is 16.0. The van der Waals surface area contributed by atoms with Crippen LogP contribution in [0.3, 0.4) is 0 Å². The molecule has 1 aromatic carbocycles. The van der Waals surface area contributed by atoms with Crippen molar-refractivity contribution in [2.75, 3.05) is 19.1 Å². The molecule has 1 aromatic rings. The summed E-state index contributed by atoms with van der Waals surface area (Å²) in [6, 6.07) is 8.63. The molecule has 1 rings (SSSR count). The third kappa shape index (κ3) is 5.13. The molecule has 2 N–H and O–H groups in total. The number of nitrogens with zero attached hydrogens (tertiary/aromatic N) is 1. The van der Waals surface area contributed by atoms with E-state index in [2.05, 4.69) is 0 Å². The average Bonchev–Trinajstić information content (AvgIpc) is 2.43. The largest absolute Gasteiger partial charge is 0.342 e. The number of rotatable bonds is 6. The fourth-order valence-electron chi connectivity index (χ4n) is 2.21. The summed E-state index contributed by atoms with van der Waals surface area (Å²) in [5.74, 6) is -0.621. The van der Waals surface area contributed by atoms with Gasteiger partial charge in [0.2, 0.25) is 5.91 Å². The molecule has 3 atom stereocenters. The van der Waals surface area contributed by atoms with Crippen LogP contribution in [0.5, 0.6) is 0 Å². The van der Waals surface area contributed by atoms with Crippen LogP contribution in [0.25, 0.3) is 0 Å². The lowest BCUT2D eigenvalue weighted by atomic mass is 9.94. The molecular weight excluding hydrogens is 288 g/mol. The molecule has 5 nitrogen and oxygen atoms in total. The Morgan fingerprint density at radius 3 is 2.24 bits per heavy atom. The lowest BCUT2D eigenvalue weighted by Crippen LogP contribution is -2.44. The van der Waals surface area contributed by atoms with Gasteiger partial charge in [-0.25, -0.2) is 8.42 Å². The summed E-state index contributed by atoms with van der Waals surface area (Å²) in [6.07, 6.45) is 1.17. The number of nitrogens with two attached hydrogens (primary N) is 1. The van der Waals surface area contributed by atoms with Crippen molar-refractivity contribution in [3.63, 3.8) is 0 Å². The molecule has 1 amide bonds. The monoisotopic (exact) mass is 312 g/mol. The van der Waals surface area contributed by atoms with Crippen LogP contribution in [0.4, 0.5) is 0 Å². The minimum absolute atomic E-state index is 0.0530. The van der Waals surface area contributed by atoms with Crippen LogP contribution in [-0.4, -0.2) is 44.3 Å². The van der Waals surface area contributed by atoms with E-state index in [1.165, 1.54) is 11.2 Å². The van der Waals surface area contributed by atoms with Gasteiger partial charge in [-0.1, -0.05) is 37.3 Å². The summed E-state index contributed by atoms with van der Waals surface area (Å²) < 4.78 is 22.7. The number of hydrogen-bond donors (Lipinski definition) is 1. The van der Waals surface area contributed by atoms with Gasteiger partial charge in [0.1, 0.15) is 9.84 Å². The molecule has 0 aliphatic rings. The first-order valence-electron chi connectivity index (χ1n) is 6.88. The molecule has 0 heterocycles. The smallest absolute Gasteiger partial charge is 0.227 e. The Hall–Kier alpha value is -1.40. The van der Waals surface area contributed by atoms with Gasteiger partial charge in [-0.05, 0) is 12.5 Å². The van der Waals surface area contributed by atoms with Gasteiger partial charge in [-0.15, -0.1) is 0 Å². The highest BCUT2D eigenvalue weighted by molar-refractivity contribution is 7.90. The van der Waals surface area contributed by atoms with Crippen molar-refractivity contribution in [3.05, 3.63) is 35.9 Å². The molecule has 0 aliphatic carbocycles. The van der Waals surface area contributed by atoms with Crippen LogP contribution in [-0.2, 0) is 14.6 Å². The minimum Gasteiger partial charge on any atom is -0.342 e. The summed E-state index contributed by atoms with van der Waals surface area (Å²) in [7, 11) is -1.51. The fourth-order valence-corrected chi connectivity index (χ4v) is 3.31. The van der Waals surface area contributed by atoms with Crippen LogP contribution in [0, 0.1) is 5.92 Å². The second kappa shape index (κ2) is 7.04. The first-order valence-corrected chi connectivity index (χ1v) is 8.94. The van der Waals surface area contributed by atoms with Crippen molar-refractivity contribution in [2.45, 2.75) is 25.9 Å². The maximum Gasteiger partial charge on any atom is 0.227 e. The summed E-state index contributed by atoms with van der Waals surface area (Å²) in [5, 5.41) is 0. The SMILES string of the molecule is C[C@H](C(=O)N(C)[C@@H](C)CS(C)(=O)=O)[C@H](N)c1ccccc1. The lowest BCUT2D eigenvalue weighted by molar-refractivity contribution is -0.135. The van der Waals surface area contributed by atoms with Gasteiger partial charge in [0.25, 0.3) is 0 Å². The predicted octanol–water partition coefficient (Wildman–Crippen LogP) is 1.21. The second-order valence-corrected chi connectivity index (χ2v) is 7.80.